The van der Waals surface area contributed by atoms with E-state index in [1.54, 1.807) is 13.1 Å². The first kappa shape index (κ1) is 13.5. The van der Waals surface area contributed by atoms with Gasteiger partial charge in [-0.15, -0.1) is 0 Å². The highest BCUT2D eigenvalue weighted by atomic mass is 19.4. The van der Waals surface area contributed by atoms with E-state index in [1.165, 1.54) is 4.90 Å². The van der Waals surface area contributed by atoms with E-state index in [1.807, 2.05) is 18.2 Å². The van der Waals surface area contributed by atoms with Crippen molar-refractivity contribution in [2.45, 2.75) is 19.0 Å². The van der Waals surface area contributed by atoms with Gasteiger partial charge < -0.3 is 4.90 Å². The maximum atomic E-state index is 12.1. The highest BCUT2D eigenvalue weighted by molar-refractivity contribution is 5.96. The fourth-order valence-corrected chi connectivity index (χ4v) is 1.30. The van der Waals surface area contributed by atoms with Crippen LogP contribution in [0.15, 0.2) is 29.3 Å². The highest BCUT2D eigenvalue weighted by Gasteiger charge is 2.39. The lowest BCUT2D eigenvalue weighted by atomic mass is 10.2. The number of hydrogen-bond acceptors (Lipinski definition) is 1. The summed E-state index contributed by atoms with van der Waals surface area (Å²) in [6, 6.07) is 0. The molecule has 17 heavy (non-hydrogen) atoms. The summed E-state index contributed by atoms with van der Waals surface area (Å²) in [5, 5.41) is 0. The molecule has 0 spiro atoms. The molecule has 0 bridgehead atoms. The van der Waals surface area contributed by atoms with Crippen LogP contribution in [-0.2, 0) is 4.79 Å². The van der Waals surface area contributed by atoms with Crippen LogP contribution in [0.5, 0.6) is 0 Å². The highest BCUT2D eigenvalue weighted by Crippen LogP contribution is 2.17. The number of amides is 1. The quantitative estimate of drug-likeness (QED) is 0.657. The van der Waals surface area contributed by atoms with Gasteiger partial charge in [-0.2, -0.15) is 18.2 Å². The van der Waals surface area contributed by atoms with E-state index in [-0.39, 0.29) is 5.84 Å². The SMILES string of the molecule is CN1C/C=C\C=C/CCC1=NC(=O)C(F)(F)F. The number of nitrogens with zero attached hydrogens (tertiary/aromatic N) is 2. The van der Waals surface area contributed by atoms with E-state index >= 15 is 0 Å². The third-order valence-corrected chi connectivity index (χ3v) is 2.21. The molecular formula is C11H13F3N2O. The molecule has 1 amide bonds. The first-order valence-corrected chi connectivity index (χ1v) is 5.13. The van der Waals surface area contributed by atoms with Gasteiger partial charge in [0.1, 0.15) is 5.84 Å². The van der Waals surface area contributed by atoms with Gasteiger partial charge in [0.15, 0.2) is 0 Å². The van der Waals surface area contributed by atoms with Gasteiger partial charge in [0, 0.05) is 20.0 Å². The number of hydrogen-bond donors (Lipinski definition) is 0. The number of amidine groups is 1. The van der Waals surface area contributed by atoms with Crippen LogP contribution in [0.2, 0.25) is 0 Å². The molecule has 0 aliphatic carbocycles. The molecule has 6 heteroatoms. The van der Waals surface area contributed by atoms with Crippen LogP contribution in [0.1, 0.15) is 12.8 Å². The smallest absolute Gasteiger partial charge is 0.359 e. The molecule has 0 N–H and O–H groups in total. The Morgan fingerprint density at radius 1 is 1.35 bits per heavy atom. The molecule has 1 aliphatic heterocycles. The van der Waals surface area contributed by atoms with Crippen molar-refractivity contribution in [3.63, 3.8) is 0 Å². The van der Waals surface area contributed by atoms with Gasteiger partial charge in [0.2, 0.25) is 0 Å². The van der Waals surface area contributed by atoms with Crippen LogP contribution in [-0.4, -0.2) is 36.4 Å². The minimum atomic E-state index is -4.90. The lowest BCUT2D eigenvalue weighted by molar-refractivity contribution is -0.169. The van der Waals surface area contributed by atoms with Crippen molar-refractivity contribution in [3.05, 3.63) is 24.3 Å². The van der Waals surface area contributed by atoms with Crippen molar-refractivity contribution >= 4 is 11.7 Å². The van der Waals surface area contributed by atoms with Crippen LogP contribution in [0.3, 0.4) is 0 Å². The number of halogens is 3. The molecule has 0 fully saturated rings. The standard InChI is InChI=1S/C11H13F3N2O/c1-16-8-6-4-2-3-5-7-9(16)15-10(17)11(12,13)14/h2-4,6H,5,7-8H2,1H3/b3-2-,6-4-,15-9?. The Kier molecular flexibility index (Phi) is 4.48. The summed E-state index contributed by atoms with van der Waals surface area (Å²) in [6.07, 6.45) is 3.21. The van der Waals surface area contributed by atoms with Crippen molar-refractivity contribution in [1.82, 2.24) is 4.90 Å². The van der Waals surface area contributed by atoms with Crippen molar-refractivity contribution < 1.29 is 18.0 Å². The molecule has 0 atom stereocenters. The molecule has 94 valence electrons. The van der Waals surface area contributed by atoms with E-state index in [4.69, 9.17) is 0 Å². The average molecular weight is 246 g/mol. The first-order valence-electron chi connectivity index (χ1n) is 5.13. The summed E-state index contributed by atoms with van der Waals surface area (Å²) >= 11 is 0. The Morgan fingerprint density at radius 3 is 2.65 bits per heavy atom. The number of aliphatic imine (C=N–C) groups is 1. The number of carbonyl (C=O) groups excluding carboxylic acids is 1. The van der Waals surface area contributed by atoms with Gasteiger partial charge in [-0.1, -0.05) is 24.3 Å². The minimum Gasteiger partial charge on any atom is -0.359 e. The Labute approximate surface area is 97.3 Å². The number of likely N-dealkylation sites (N-methyl/N-ethyl adjacent to an activating group) is 1. The summed E-state index contributed by atoms with van der Waals surface area (Å²) in [5.41, 5.74) is 0. The van der Waals surface area contributed by atoms with Crippen molar-refractivity contribution in [3.8, 4) is 0 Å². The topological polar surface area (TPSA) is 32.7 Å². The maximum absolute atomic E-state index is 12.1. The van der Waals surface area contributed by atoms with E-state index in [9.17, 15) is 18.0 Å². The Hall–Kier alpha value is -1.59. The van der Waals surface area contributed by atoms with Crippen LogP contribution in [0.25, 0.3) is 0 Å². The molecule has 0 saturated carbocycles. The molecule has 0 aromatic heterocycles. The fourth-order valence-electron chi connectivity index (χ4n) is 1.30. The van der Waals surface area contributed by atoms with Gasteiger partial charge in [-0.3, -0.25) is 4.79 Å². The molecule has 0 unspecified atom stereocenters. The predicted molar refractivity (Wildman–Crippen MR) is 58.6 cm³/mol. The fraction of sp³-hybridized carbons (Fsp3) is 0.455. The lowest BCUT2D eigenvalue weighted by Gasteiger charge is -2.18. The Bertz CT molecular complexity index is 369. The third-order valence-electron chi connectivity index (χ3n) is 2.21. The average Bonchev–Trinajstić information content (AvgIpc) is 2.32. The molecule has 1 aliphatic rings. The zero-order chi connectivity index (χ0) is 12.9. The van der Waals surface area contributed by atoms with Crippen LogP contribution in [0.4, 0.5) is 13.2 Å². The monoisotopic (exact) mass is 246 g/mol. The molecular weight excluding hydrogens is 233 g/mol. The molecule has 1 heterocycles. The van der Waals surface area contributed by atoms with Gasteiger partial charge in [0.25, 0.3) is 0 Å². The summed E-state index contributed by atoms with van der Waals surface area (Å²) in [6.45, 7) is 0.425. The Balaban J connectivity index is 2.85. The zero-order valence-electron chi connectivity index (χ0n) is 9.37. The molecule has 1 rings (SSSR count). The first-order chi connectivity index (χ1) is 7.91. The summed E-state index contributed by atoms with van der Waals surface area (Å²) in [5.74, 6) is -1.89. The second kappa shape index (κ2) is 5.65. The number of allylic oxidation sites excluding steroid dienone is 3. The van der Waals surface area contributed by atoms with Crippen molar-refractivity contribution in [1.29, 1.82) is 0 Å². The summed E-state index contributed by atoms with van der Waals surface area (Å²) < 4.78 is 36.3. The molecule has 0 saturated heterocycles. The van der Waals surface area contributed by atoms with Gasteiger partial charge in [0.05, 0.1) is 0 Å². The Morgan fingerprint density at radius 2 is 2.00 bits per heavy atom. The van der Waals surface area contributed by atoms with Crippen LogP contribution >= 0.6 is 0 Å². The van der Waals surface area contributed by atoms with E-state index in [2.05, 4.69) is 4.99 Å². The molecule has 0 aromatic carbocycles. The van der Waals surface area contributed by atoms with E-state index in [0.717, 1.165) is 0 Å². The zero-order valence-corrected chi connectivity index (χ0v) is 9.37. The van der Waals surface area contributed by atoms with Gasteiger partial charge >= 0.3 is 12.1 Å². The van der Waals surface area contributed by atoms with Crippen molar-refractivity contribution in [2.75, 3.05) is 13.6 Å². The predicted octanol–water partition coefficient (Wildman–Crippen LogP) is 2.31. The van der Waals surface area contributed by atoms with Crippen LogP contribution in [0, 0.1) is 0 Å². The molecule has 0 aromatic rings. The maximum Gasteiger partial charge on any atom is 0.473 e. The summed E-state index contributed by atoms with van der Waals surface area (Å²) in [7, 11) is 1.61. The van der Waals surface area contributed by atoms with Gasteiger partial charge in [-0.25, -0.2) is 0 Å². The second-order valence-electron chi connectivity index (χ2n) is 3.61. The largest absolute Gasteiger partial charge is 0.473 e. The lowest BCUT2D eigenvalue weighted by Crippen LogP contribution is -2.30. The number of rotatable bonds is 0. The van der Waals surface area contributed by atoms with E-state index < -0.39 is 12.1 Å². The second-order valence-corrected chi connectivity index (χ2v) is 3.61. The van der Waals surface area contributed by atoms with Crippen molar-refractivity contribution in [2.24, 2.45) is 4.99 Å². The third kappa shape index (κ3) is 4.42. The van der Waals surface area contributed by atoms with Crippen LogP contribution < -0.4 is 0 Å². The molecule has 3 nitrogen and oxygen atoms in total. The summed E-state index contributed by atoms with van der Waals surface area (Å²) in [4.78, 5) is 15.5. The number of carbonyl (C=O) groups is 1. The number of alkyl halides is 3. The minimum absolute atomic E-state index is 0.156. The molecule has 0 radical (unpaired) electrons. The normalized spacial score (nSPS) is 23.8. The van der Waals surface area contributed by atoms with E-state index in [0.29, 0.717) is 19.4 Å². The van der Waals surface area contributed by atoms with Gasteiger partial charge in [-0.05, 0) is 6.42 Å².